The van der Waals surface area contributed by atoms with E-state index in [1.165, 1.54) is 0 Å². The van der Waals surface area contributed by atoms with Gasteiger partial charge in [0.2, 0.25) is 0 Å². The first-order valence-corrected chi connectivity index (χ1v) is 8.41. The molecule has 1 aliphatic carbocycles. The molecule has 0 radical (unpaired) electrons. The van der Waals surface area contributed by atoms with Crippen molar-refractivity contribution in [3.05, 3.63) is 27.8 Å². The van der Waals surface area contributed by atoms with Gasteiger partial charge in [0.05, 0.1) is 5.92 Å². The standard InChI is InChI=1S/C17H23IO2/c1-17(2,3)13-6-4-12(5-7-13)16(19)20-15-10-8-14(18)9-11-15/h8-13H,4-7H2,1-3H3. The summed E-state index contributed by atoms with van der Waals surface area (Å²) in [4.78, 5) is 12.2. The van der Waals surface area contributed by atoms with Gasteiger partial charge < -0.3 is 4.74 Å². The van der Waals surface area contributed by atoms with Crippen molar-refractivity contribution in [2.75, 3.05) is 0 Å². The van der Waals surface area contributed by atoms with Crippen LogP contribution in [0, 0.1) is 20.8 Å². The normalized spacial score (nSPS) is 23.4. The Morgan fingerprint density at radius 1 is 1.10 bits per heavy atom. The molecule has 2 nitrogen and oxygen atoms in total. The van der Waals surface area contributed by atoms with Gasteiger partial charge in [-0.25, -0.2) is 0 Å². The average Bonchev–Trinajstić information content (AvgIpc) is 2.40. The van der Waals surface area contributed by atoms with Gasteiger partial charge in [0, 0.05) is 3.57 Å². The monoisotopic (exact) mass is 386 g/mol. The molecule has 110 valence electrons. The molecule has 0 aliphatic heterocycles. The van der Waals surface area contributed by atoms with E-state index in [0.717, 1.165) is 35.2 Å². The van der Waals surface area contributed by atoms with Crippen LogP contribution in [-0.2, 0) is 4.79 Å². The highest BCUT2D eigenvalue weighted by Crippen LogP contribution is 2.40. The van der Waals surface area contributed by atoms with E-state index >= 15 is 0 Å². The highest BCUT2D eigenvalue weighted by Gasteiger charge is 2.33. The summed E-state index contributed by atoms with van der Waals surface area (Å²) in [6.45, 7) is 6.88. The van der Waals surface area contributed by atoms with Crippen LogP contribution >= 0.6 is 22.6 Å². The highest BCUT2D eigenvalue weighted by atomic mass is 127. The summed E-state index contributed by atoms with van der Waals surface area (Å²) < 4.78 is 6.63. The molecule has 1 aromatic rings. The van der Waals surface area contributed by atoms with Crippen LogP contribution in [0.2, 0.25) is 0 Å². The molecule has 2 rings (SSSR count). The number of hydrogen-bond acceptors (Lipinski definition) is 2. The molecule has 0 unspecified atom stereocenters. The van der Waals surface area contributed by atoms with Crippen LogP contribution in [0.4, 0.5) is 0 Å². The molecule has 3 heteroatoms. The fourth-order valence-corrected chi connectivity index (χ4v) is 3.26. The molecular formula is C17H23IO2. The number of ether oxygens (including phenoxy) is 1. The minimum absolute atomic E-state index is 0.0569. The summed E-state index contributed by atoms with van der Waals surface area (Å²) in [6.07, 6.45) is 4.20. The van der Waals surface area contributed by atoms with Crippen LogP contribution < -0.4 is 4.74 Å². The first-order chi connectivity index (χ1) is 9.36. The molecule has 0 heterocycles. The van der Waals surface area contributed by atoms with Crippen molar-refractivity contribution < 1.29 is 9.53 Å². The zero-order chi connectivity index (χ0) is 14.8. The van der Waals surface area contributed by atoms with Crippen molar-refractivity contribution in [2.45, 2.75) is 46.5 Å². The molecule has 1 fully saturated rings. The summed E-state index contributed by atoms with van der Waals surface area (Å²) in [5, 5.41) is 0. The quantitative estimate of drug-likeness (QED) is 0.404. The minimum atomic E-state index is -0.0569. The minimum Gasteiger partial charge on any atom is -0.426 e. The lowest BCUT2D eigenvalue weighted by molar-refractivity contribution is -0.140. The lowest BCUT2D eigenvalue weighted by atomic mass is 9.70. The Morgan fingerprint density at radius 2 is 1.65 bits per heavy atom. The molecule has 1 saturated carbocycles. The zero-order valence-corrected chi connectivity index (χ0v) is 14.6. The molecular weight excluding hydrogens is 363 g/mol. The van der Waals surface area contributed by atoms with E-state index < -0.39 is 0 Å². The molecule has 0 atom stereocenters. The van der Waals surface area contributed by atoms with Crippen molar-refractivity contribution in [3.8, 4) is 5.75 Å². The summed E-state index contributed by atoms with van der Waals surface area (Å²) in [5.74, 6) is 1.41. The van der Waals surface area contributed by atoms with Crippen molar-refractivity contribution >= 4 is 28.6 Å². The van der Waals surface area contributed by atoms with Gasteiger partial charge in [-0.1, -0.05) is 20.8 Å². The second-order valence-electron chi connectivity index (χ2n) is 6.79. The summed E-state index contributed by atoms with van der Waals surface area (Å²) in [7, 11) is 0. The SMILES string of the molecule is CC(C)(C)C1CCC(C(=O)Oc2ccc(I)cc2)CC1. The predicted octanol–water partition coefficient (Wildman–Crippen LogP) is 5.05. The summed E-state index contributed by atoms with van der Waals surface area (Å²) in [6, 6.07) is 7.64. The van der Waals surface area contributed by atoms with Gasteiger partial charge in [-0.05, 0) is 83.9 Å². The third kappa shape index (κ3) is 4.21. The first-order valence-electron chi connectivity index (χ1n) is 7.33. The van der Waals surface area contributed by atoms with Crippen LogP contribution in [0.3, 0.4) is 0 Å². The van der Waals surface area contributed by atoms with Gasteiger partial charge in [-0.2, -0.15) is 0 Å². The Bertz CT molecular complexity index is 451. The maximum Gasteiger partial charge on any atom is 0.314 e. The van der Waals surface area contributed by atoms with Gasteiger partial charge in [0.25, 0.3) is 0 Å². The van der Waals surface area contributed by atoms with Crippen LogP contribution in [0.1, 0.15) is 46.5 Å². The van der Waals surface area contributed by atoms with Gasteiger partial charge in [-0.15, -0.1) is 0 Å². The fraction of sp³-hybridized carbons (Fsp3) is 0.588. The number of carbonyl (C=O) groups excluding carboxylic acids is 1. The molecule has 20 heavy (non-hydrogen) atoms. The van der Waals surface area contributed by atoms with Crippen molar-refractivity contribution in [3.63, 3.8) is 0 Å². The summed E-state index contributed by atoms with van der Waals surface area (Å²) >= 11 is 2.24. The Morgan fingerprint density at radius 3 is 2.15 bits per heavy atom. The molecule has 0 aromatic heterocycles. The highest BCUT2D eigenvalue weighted by molar-refractivity contribution is 14.1. The van der Waals surface area contributed by atoms with Crippen LogP contribution in [0.15, 0.2) is 24.3 Å². The average molecular weight is 386 g/mol. The molecule has 0 saturated heterocycles. The smallest absolute Gasteiger partial charge is 0.314 e. The van der Waals surface area contributed by atoms with Crippen molar-refractivity contribution in [1.29, 1.82) is 0 Å². The number of benzene rings is 1. The largest absolute Gasteiger partial charge is 0.426 e. The second kappa shape index (κ2) is 6.46. The number of hydrogen-bond donors (Lipinski definition) is 0. The van der Waals surface area contributed by atoms with Crippen LogP contribution in [0.5, 0.6) is 5.75 Å². The molecule has 1 aliphatic rings. The van der Waals surface area contributed by atoms with E-state index in [1.54, 1.807) is 0 Å². The Kier molecular flexibility index (Phi) is 5.10. The number of esters is 1. The topological polar surface area (TPSA) is 26.3 Å². The second-order valence-corrected chi connectivity index (χ2v) is 8.04. The molecule has 1 aromatic carbocycles. The Balaban J connectivity index is 1.87. The van der Waals surface area contributed by atoms with Crippen LogP contribution in [0.25, 0.3) is 0 Å². The van der Waals surface area contributed by atoms with E-state index in [-0.39, 0.29) is 11.9 Å². The molecule has 0 amide bonds. The van der Waals surface area contributed by atoms with Gasteiger partial charge in [0.15, 0.2) is 0 Å². The third-order valence-electron chi connectivity index (χ3n) is 4.32. The van der Waals surface area contributed by atoms with Gasteiger partial charge in [-0.3, -0.25) is 4.79 Å². The fourth-order valence-electron chi connectivity index (χ4n) is 2.90. The third-order valence-corrected chi connectivity index (χ3v) is 5.04. The van der Waals surface area contributed by atoms with Gasteiger partial charge in [0.1, 0.15) is 5.75 Å². The molecule has 0 bridgehead atoms. The Labute approximate surface area is 135 Å². The lowest BCUT2D eigenvalue weighted by Crippen LogP contribution is -2.30. The first kappa shape index (κ1) is 15.8. The zero-order valence-electron chi connectivity index (χ0n) is 12.5. The molecule has 0 spiro atoms. The van der Waals surface area contributed by atoms with E-state index in [4.69, 9.17) is 4.74 Å². The van der Waals surface area contributed by atoms with Gasteiger partial charge >= 0.3 is 5.97 Å². The number of rotatable bonds is 2. The van der Waals surface area contributed by atoms with Crippen LogP contribution in [-0.4, -0.2) is 5.97 Å². The number of halogens is 1. The lowest BCUT2D eigenvalue weighted by Gasteiger charge is -2.36. The van der Waals surface area contributed by atoms with E-state index in [2.05, 4.69) is 43.4 Å². The number of carbonyl (C=O) groups is 1. The van der Waals surface area contributed by atoms with Crippen molar-refractivity contribution in [2.24, 2.45) is 17.3 Å². The van der Waals surface area contributed by atoms with E-state index in [0.29, 0.717) is 11.2 Å². The predicted molar refractivity (Wildman–Crippen MR) is 89.7 cm³/mol. The molecule has 0 N–H and O–H groups in total. The maximum atomic E-state index is 12.2. The van der Waals surface area contributed by atoms with E-state index in [9.17, 15) is 4.79 Å². The van der Waals surface area contributed by atoms with Crippen molar-refractivity contribution in [1.82, 2.24) is 0 Å². The maximum absolute atomic E-state index is 12.2. The summed E-state index contributed by atoms with van der Waals surface area (Å²) in [5.41, 5.74) is 0.352. The Hall–Kier alpha value is -0.580. The van der Waals surface area contributed by atoms with E-state index in [1.807, 2.05) is 24.3 Å².